The van der Waals surface area contributed by atoms with Crippen molar-refractivity contribution in [2.45, 2.75) is 34.1 Å². The van der Waals surface area contributed by atoms with Crippen LogP contribution in [-0.2, 0) is 9.53 Å². The first-order valence-electron chi connectivity index (χ1n) is 6.75. The maximum Gasteiger partial charge on any atom is 0.307 e. The van der Waals surface area contributed by atoms with Crippen LogP contribution in [0.15, 0.2) is 6.07 Å². The molecule has 0 radical (unpaired) electrons. The van der Waals surface area contributed by atoms with E-state index in [0.29, 0.717) is 11.5 Å². The molecule has 116 valence electrons. The van der Waals surface area contributed by atoms with Crippen LogP contribution in [0.5, 0.6) is 0 Å². The Labute approximate surface area is 120 Å². The van der Waals surface area contributed by atoms with Crippen LogP contribution in [-0.4, -0.2) is 42.8 Å². The SMILES string of the molecule is CC.CC.CNc1cc(C(=O)NCCC(=O)OC)[nH]n1. The van der Waals surface area contributed by atoms with Crippen LogP contribution in [0, 0.1) is 0 Å². The monoisotopic (exact) mass is 286 g/mol. The molecule has 0 aliphatic heterocycles. The first-order valence-corrected chi connectivity index (χ1v) is 6.75. The van der Waals surface area contributed by atoms with Gasteiger partial charge in [0.15, 0.2) is 0 Å². The second-order valence-corrected chi connectivity index (χ2v) is 3.00. The molecule has 0 aromatic carbocycles. The zero-order valence-corrected chi connectivity index (χ0v) is 13.2. The maximum absolute atomic E-state index is 11.5. The lowest BCUT2D eigenvalue weighted by Crippen LogP contribution is -2.26. The molecule has 0 saturated carbocycles. The minimum atomic E-state index is -0.360. The van der Waals surface area contributed by atoms with Gasteiger partial charge in [-0.15, -0.1) is 0 Å². The molecule has 0 aliphatic carbocycles. The molecule has 7 heteroatoms. The molecule has 0 unspecified atom stereocenters. The average molecular weight is 286 g/mol. The van der Waals surface area contributed by atoms with Gasteiger partial charge in [-0.25, -0.2) is 0 Å². The third-order valence-electron chi connectivity index (χ3n) is 1.92. The molecule has 7 nitrogen and oxygen atoms in total. The van der Waals surface area contributed by atoms with Gasteiger partial charge in [0.2, 0.25) is 0 Å². The van der Waals surface area contributed by atoms with E-state index in [4.69, 9.17) is 0 Å². The molecule has 1 aromatic rings. The topological polar surface area (TPSA) is 96.1 Å². The predicted octanol–water partition coefficient (Wildman–Crippen LogP) is 1.80. The van der Waals surface area contributed by atoms with Crippen LogP contribution in [0.3, 0.4) is 0 Å². The van der Waals surface area contributed by atoms with Gasteiger partial charge in [-0.1, -0.05) is 27.7 Å². The molecule has 0 saturated heterocycles. The van der Waals surface area contributed by atoms with Crippen molar-refractivity contribution < 1.29 is 14.3 Å². The highest BCUT2D eigenvalue weighted by Crippen LogP contribution is 2.03. The van der Waals surface area contributed by atoms with Gasteiger partial charge in [0.1, 0.15) is 11.5 Å². The maximum atomic E-state index is 11.5. The first kappa shape index (κ1) is 20.3. The Bertz CT molecular complexity index is 377. The molecule has 1 rings (SSSR count). The van der Waals surface area contributed by atoms with Crippen LogP contribution in [0.1, 0.15) is 44.6 Å². The van der Waals surface area contributed by atoms with Gasteiger partial charge in [0.25, 0.3) is 5.91 Å². The Hall–Kier alpha value is -2.05. The highest BCUT2D eigenvalue weighted by atomic mass is 16.5. The summed E-state index contributed by atoms with van der Waals surface area (Å²) in [6.07, 6.45) is 0.148. The van der Waals surface area contributed by atoms with Gasteiger partial charge in [0.05, 0.1) is 13.5 Å². The number of esters is 1. The molecule has 3 N–H and O–H groups in total. The minimum absolute atomic E-state index is 0.148. The van der Waals surface area contributed by atoms with Crippen molar-refractivity contribution in [3.8, 4) is 0 Å². The Balaban J connectivity index is 0. The van der Waals surface area contributed by atoms with E-state index >= 15 is 0 Å². The number of rotatable bonds is 5. The Morgan fingerprint density at radius 3 is 2.35 bits per heavy atom. The van der Waals surface area contributed by atoms with E-state index in [-0.39, 0.29) is 24.8 Å². The number of aromatic nitrogens is 2. The van der Waals surface area contributed by atoms with Crippen molar-refractivity contribution >= 4 is 17.7 Å². The first-order chi connectivity index (χ1) is 9.67. The fraction of sp³-hybridized carbons (Fsp3) is 0.615. The Kier molecular flexibility index (Phi) is 13.6. The number of nitrogens with one attached hydrogen (secondary N) is 3. The second kappa shape index (κ2) is 13.4. The molecule has 20 heavy (non-hydrogen) atoms. The number of ether oxygens (including phenoxy) is 1. The lowest BCUT2D eigenvalue weighted by molar-refractivity contribution is -0.140. The molecule has 1 aromatic heterocycles. The van der Waals surface area contributed by atoms with E-state index in [2.05, 4.69) is 25.6 Å². The molecule has 0 atom stereocenters. The third-order valence-corrected chi connectivity index (χ3v) is 1.92. The number of carbonyl (C=O) groups excluding carboxylic acids is 2. The van der Waals surface area contributed by atoms with Crippen LogP contribution in [0.25, 0.3) is 0 Å². The molecular weight excluding hydrogens is 260 g/mol. The van der Waals surface area contributed by atoms with Gasteiger partial charge in [0, 0.05) is 19.7 Å². The van der Waals surface area contributed by atoms with Gasteiger partial charge >= 0.3 is 5.97 Å². The number of H-pyrrole nitrogens is 1. The van der Waals surface area contributed by atoms with Crippen LogP contribution in [0.4, 0.5) is 5.82 Å². The summed E-state index contributed by atoms with van der Waals surface area (Å²) >= 11 is 0. The zero-order valence-electron chi connectivity index (χ0n) is 13.2. The number of hydrogen-bond acceptors (Lipinski definition) is 5. The van der Waals surface area contributed by atoms with Crippen molar-refractivity contribution in [3.63, 3.8) is 0 Å². The molecular formula is C13H26N4O3. The van der Waals surface area contributed by atoms with Crippen molar-refractivity contribution in [1.29, 1.82) is 0 Å². The van der Waals surface area contributed by atoms with Crippen LogP contribution < -0.4 is 10.6 Å². The quantitative estimate of drug-likeness (QED) is 0.717. The Morgan fingerprint density at radius 2 is 1.90 bits per heavy atom. The summed E-state index contributed by atoms with van der Waals surface area (Å²) in [6, 6.07) is 1.58. The lowest BCUT2D eigenvalue weighted by Gasteiger charge is -2.01. The van der Waals surface area contributed by atoms with E-state index in [0.717, 1.165) is 0 Å². The standard InChI is InChI=1S/C9H14N4O3.2C2H6/c1-10-7-5-6(12-13-7)9(15)11-4-3-8(14)16-2;2*1-2/h5H,3-4H2,1-2H3,(H,11,15)(H2,10,12,13);2*1-2H3. The van der Waals surface area contributed by atoms with Crippen molar-refractivity contribution in [2.75, 3.05) is 26.0 Å². The summed E-state index contributed by atoms with van der Waals surface area (Å²) < 4.78 is 4.44. The predicted molar refractivity (Wildman–Crippen MR) is 79.8 cm³/mol. The molecule has 0 spiro atoms. The van der Waals surface area contributed by atoms with Crippen molar-refractivity contribution in [2.24, 2.45) is 0 Å². The number of nitrogens with zero attached hydrogens (tertiary/aromatic N) is 1. The fourth-order valence-corrected chi connectivity index (χ4v) is 1.04. The van der Waals surface area contributed by atoms with Gasteiger partial charge in [-0.3, -0.25) is 14.7 Å². The Morgan fingerprint density at radius 1 is 1.30 bits per heavy atom. The third kappa shape index (κ3) is 8.12. The highest BCUT2D eigenvalue weighted by Gasteiger charge is 2.09. The minimum Gasteiger partial charge on any atom is -0.469 e. The van der Waals surface area contributed by atoms with Crippen molar-refractivity contribution in [1.82, 2.24) is 15.5 Å². The van der Waals surface area contributed by atoms with E-state index in [1.54, 1.807) is 13.1 Å². The highest BCUT2D eigenvalue weighted by molar-refractivity contribution is 5.93. The molecule has 1 amide bonds. The molecule has 0 aliphatic rings. The number of methoxy groups -OCH3 is 1. The molecule has 0 fully saturated rings. The summed E-state index contributed by atoms with van der Waals surface area (Å²) in [5.41, 5.74) is 0.342. The number of carbonyl (C=O) groups is 2. The van der Waals surface area contributed by atoms with Crippen LogP contribution in [0.2, 0.25) is 0 Å². The average Bonchev–Trinajstić information content (AvgIpc) is 3.00. The van der Waals surface area contributed by atoms with Gasteiger partial charge < -0.3 is 15.4 Å². The lowest BCUT2D eigenvalue weighted by atomic mass is 10.3. The molecule has 0 bridgehead atoms. The number of aromatic amines is 1. The number of hydrogen-bond donors (Lipinski definition) is 3. The van der Waals surface area contributed by atoms with Crippen LogP contribution >= 0.6 is 0 Å². The van der Waals surface area contributed by atoms with E-state index < -0.39 is 0 Å². The van der Waals surface area contributed by atoms with Gasteiger partial charge in [-0.05, 0) is 0 Å². The number of amides is 1. The van der Waals surface area contributed by atoms with E-state index in [9.17, 15) is 9.59 Å². The normalized spacial score (nSPS) is 8.30. The summed E-state index contributed by atoms with van der Waals surface area (Å²) in [5, 5.41) is 11.7. The summed E-state index contributed by atoms with van der Waals surface area (Å²) in [4.78, 5) is 22.3. The van der Waals surface area contributed by atoms with E-state index in [1.165, 1.54) is 7.11 Å². The van der Waals surface area contributed by atoms with Gasteiger partial charge in [-0.2, -0.15) is 5.10 Å². The smallest absolute Gasteiger partial charge is 0.307 e. The summed E-state index contributed by atoms with van der Waals surface area (Å²) in [7, 11) is 3.01. The van der Waals surface area contributed by atoms with E-state index in [1.807, 2.05) is 27.7 Å². The molecule has 1 heterocycles. The zero-order chi connectivity index (χ0) is 16.0. The summed E-state index contributed by atoms with van der Waals surface area (Å²) in [5.74, 6) is -0.0863. The number of anilines is 1. The van der Waals surface area contributed by atoms with Crippen molar-refractivity contribution in [3.05, 3.63) is 11.8 Å². The second-order valence-electron chi connectivity index (χ2n) is 3.00. The summed E-state index contributed by atoms with van der Waals surface area (Å²) in [6.45, 7) is 8.24. The largest absolute Gasteiger partial charge is 0.469 e. The fourth-order valence-electron chi connectivity index (χ4n) is 1.04.